The summed E-state index contributed by atoms with van der Waals surface area (Å²) in [5.41, 5.74) is -0.710. The number of hydrogen-bond acceptors (Lipinski definition) is 6. The third-order valence-electron chi connectivity index (χ3n) is 3.81. The predicted molar refractivity (Wildman–Crippen MR) is 106 cm³/mol. The molecule has 2 N–H and O–H groups in total. The van der Waals surface area contributed by atoms with E-state index in [2.05, 4.69) is 10.0 Å². The topological polar surface area (TPSA) is 111 Å². The van der Waals surface area contributed by atoms with Gasteiger partial charge in [0.05, 0.1) is 12.7 Å². The lowest BCUT2D eigenvalue weighted by atomic mass is 10.1. The van der Waals surface area contributed by atoms with Crippen molar-refractivity contribution < 1.29 is 27.5 Å². The first kappa shape index (κ1) is 23.9. The first-order valence-corrected chi connectivity index (χ1v) is 10.6. The van der Waals surface area contributed by atoms with Crippen molar-refractivity contribution in [3.63, 3.8) is 0 Å². The molecule has 158 valence electrons. The minimum Gasteiger partial charge on any atom is -0.495 e. The van der Waals surface area contributed by atoms with E-state index >= 15 is 0 Å². The van der Waals surface area contributed by atoms with Crippen molar-refractivity contribution in [2.45, 2.75) is 63.9 Å². The van der Waals surface area contributed by atoms with E-state index in [0.717, 1.165) is 12.8 Å². The highest BCUT2D eigenvalue weighted by Crippen LogP contribution is 2.26. The van der Waals surface area contributed by atoms with Crippen LogP contribution in [0, 0.1) is 0 Å². The van der Waals surface area contributed by atoms with Crippen molar-refractivity contribution >= 4 is 21.9 Å². The summed E-state index contributed by atoms with van der Waals surface area (Å²) in [6.45, 7) is 8.56. The first-order chi connectivity index (χ1) is 12.9. The maximum Gasteiger partial charge on any atom is 0.338 e. The zero-order chi connectivity index (χ0) is 21.5. The molecule has 1 aromatic rings. The molecule has 0 fully saturated rings. The van der Waals surface area contributed by atoms with Gasteiger partial charge in [-0.1, -0.05) is 13.8 Å². The molecule has 0 unspecified atom stereocenters. The number of rotatable bonds is 9. The number of carbonyl (C=O) groups is 2. The Hall–Kier alpha value is -2.13. The molecular formula is C19H30N2O6S. The quantitative estimate of drug-likeness (QED) is 0.600. The van der Waals surface area contributed by atoms with Gasteiger partial charge in [-0.3, -0.25) is 4.79 Å². The van der Waals surface area contributed by atoms with E-state index in [-0.39, 0.29) is 22.3 Å². The van der Waals surface area contributed by atoms with Crippen LogP contribution in [-0.2, 0) is 19.6 Å². The van der Waals surface area contributed by atoms with Crippen molar-refractivity contribution in [1.82, 2.24) is 10.0 Å². The molecule has 1 aromatic carbocycles. The van der Waals surface area contributed by atoms with Gasteiger partial charge in [0, 0.05) is 11.6 Å². The number of methoxy groups -OCH3 is 1. The average molecular weight is 415 g/mol. The summed E-state index contributed by atoms with van der Waals surface area (Å²) in [6.07, 6.45) is 1.55. The minimum atomic E-state index is -3.93. The Morgan fingerprint density at radius 2 is 1.75 bits per heavy atom. The van der Waals surface area contributed by atoms with E-state index in [9.17, 15) is 18.0 Å². The van der Waals surface area contributed by atoms with Crippen LogP contribution in [0.25, 0.3) is 0 Å². The molecule has 28 heavy (non-hydrogen) atoms. The SMILES string of the molecule is CCC(CC)NC(=O)COC(=O)c1ccc(OC)c(S(=O)(=O)NC(C)(C)C)c1. The van der Waals surface area contributed by atoms with Gasteiger partial charge in [0.1, 0.15) is 10.6 Å². The Labute approximate surface area is 167 Å². The Kier molecular flexibility index (Phi) is 8.44. The largest absolute Gasteiger partial charge is 0.495 e. The fourth-order valence-corrected chi connectivity index (χ4v) is 4.06. The van der Waals surface area contributed by atoms with Crippen LogP contribution in [0.3, 0.4) is 0 Å². The second-order valence-corrected chi connectivity index (χ2v) is 9.03. The van der Waals surface area contributed by atoms with E-state index < -0.39 is 34.0 Å². The molecule has 9 heteroatoms. The van der Waals surface area contributed by atoms with Gasteiger partial charge in [-0.2, -0.15) is 0 Å². The van der Waals surface area contributed by atoms with Gasteiger partial charge in [0.15, 0.2) is 6.61 Å². The smallest absolute Gasteiger partial charge is 0.338 e. The fourth-order valence-electron chi connectivity index (χ4n) is 2.45. The summed E-state index contributed by atoms with van der Waals surface area (Å²) in [5, 5.41) is 2.76. The number of amides is 1. The monoisotopic (exact) mass is 414 g/mol. The Morgan fingerprint density at radius 1 is 1.14 bits per heavy atom. The number of ether oxygens (including phenoxy) is 2. The van der Waals surface area contributed by atoms with Gasteiger partial charge in [-0.15, -0.1) is 0 Å². The molecule has 0 saturated carbocycles. The summed E-state index contributed by atoms with van der Waals surface area (Å²) < 4.78 is 37.9. The summed E-state index contributed by atoms with van der Waals surface area (Å²) in [4.78, 5) is 24.0. The molecule has 0 saturated heterocycles. The number of carbonyl (C=O) groups excluding carboxylic acids is 2. The van der Waals surface area contributed by atoms with Gasteiger partial charge in [0.2, 0.25) is 10.0 Å². The molecule has 8 nitrogen and oxygen atoms in total. The number of hydrogen-bond donors (Lipinski definition) is 2. The van der Waals surface area contributed by atoms with Gasteiger partial charge in [0.25, 0.3) is 5.91 Å². The average Bonchev–Trinajstić information content (AvgIpc) is 2.61. The van der Waals surface area contributed by atoms with Gasteiger partial charge in [-0.05, 0) is 51.8 Å². The standard InChI is InChI=1S/C19H30N2O6S/c1-7-14(8-2)20-17(22)12-27-18(23)13-9-10-15(26-6)16(11-13)28(24,25)21-19(3,4)5/h9-11,14,21H,7-8,12H2,1-6H3,(H,20,22). The second-order valence-electron chi connectivity index (χ2n) is 7.38. The van der Waals surface area contributed by atoms with Crippen molar-refractivity contribution in [3.05, 3.63) is 23.8 Å². The number of sulfonamides is 1. The van der Waals surface area contributed by atoms with Gasteiger partial charge < -0.3 is 14.8 Å². The molecule has 1 rings (SSSR count). The maximum atomic E-state index is 12.6. The lowest BCUT2D eigenvalue weighted by Crippen LogP contribution is -2.40. The molecule has 0 heterocycles. The first-order valence-electron chi connectivity index (χ1n) is 9.12. The molecule has 0 bridgehead atoms. The third-order valence-corrected chi connectivity index (χ3v) is 5.59. The molecule has 0 aliphatic rings. The van der Waals surface area contributed by atoms with Crippen LogP contribution in [0.1, 0.15) is 57.8 Å². The van der Waals surface area contributed by atoms with Crippen molar-refractivity contribution in [1.29, 1.82) is 0 Å². The van der Waals surface area contributed by atoms with Crippen LogP contribution >= 0.6 is 0 Å². The molecule has 0 spiro atoms. The molecule has 0 atom stereocenters. The van der Waals surface area contributed by atoms with Gasteiger partial charge >= 0.3 is 5.97 Å². The summed E-state index contributed by atoms with van der Waals surface area (Å²) >= 11 is 0. The normalized spacial score (nSPS) is 12.0. The van der Waals surface area contributed by atoms with E-state index in [1.54, 1.807) is 20.8 Å². The van der Waals surface area contributed by atoms with Crippen LogP contribution < -0.4 is 14.8 Å². The van der Waals surface area contributed by atoms with Gasteiger partial charge in [-0.25, -0.2) is 17.9 Å². The Morgan fingerprint density at radius 3 is 2.25 bits per heavy atom. The summed E-state index contributed by atoms with van der Waals surface area (Å²) in [7, 11) is -2.59. The fraction of sp³-hybridized carbons (Fsp3) is 0.579. The highest BCUT2D eigenvalue weighted by atomic mass is 32.2. The van der Waals surface area contributed by atoms with Crippen LogP contribution in [0.5, 0.6) is 5.75 Å². The van der Waals surface area contributed by atoms with Crippen LogP contribution in [0.2, 0.25) is 0 Å². The molecule has 0 aromatic heterocycles. The Balaban J connectivity index is 2.98. The van der Waals surface area contributed by atoms with E-state index in [1.807, 2.05) is 13.8 Å². The lowest BCUT2D eigenvalue weighted by Gasteiger charge is -2.21. The van der Waals surface area contributed by atoms with Crippen LogP contribution in [-0.4, -0.2) is 45.6 Å². The third kappa shape index (κ3) is 7.12. The number of esters is 1. The van der Waals surface area contributed by atoms with E-state index in [4.69, 9.17) is 9.47 Å². The molecule has 0 aliphatic carbocycles. The molecule has 0 radical (unpaired) electrons. The van der Waals surface area contributed by atoms with Crippen LogP contribution in [0.15, 0.2) is 23.1 Å². The number of benzene rings is 1. The van der Waals surface area contributed by atoms with E-state index in [1.165, 1.54) is 25.3 Å². The predicted octanol–water partition coefficient (Wildman–Crippen LogP) is 2.23. The molecule has 1 amide bonds. The Bertz CT molecular complexity index is 795. The zero-order valence-electron chi connectivity index (χ0n) is 17.3. The molecule has 0 aliphatic heterocycles. The summed E-state index contributed by atoms with van der Waals surface area (Å²) in [5.74, 6) is -1.10. The van der Waals surface area contributed by atoms with E-state index in [0.29, 0.717) is 0 Å². The highest BCUT2D eigenvalue weighted by Gasteiger charge is 2.26. The lowest BCUT2D eigenvalue weighted by molar-refractivity contribution is -0.125. The minimum absolute atomic E-state index is 0.00502. The zero-order valence-corrected chi connectivity index (χ0v) is 18.1. The van der Waals surface area contributed by atoms with Crippen LogP contribution in [0.4, 0.5) is 0 Å². The van der Waals surface area contributed by atoms with Crippen molar-refractivity contribution in [2.75, 3.05) is 13.7 Å². The van der Waals surface area contributed by atoms with Crippen molar-refractivity contribution in [2.24, 2.45) is 0 Å². The highest BCUT2D eigenvalue weighted by molar-refractivity contribution is 7.89. The second kappa shape index (κ2) is 9.88. The number of nitrogens with one attached hydrogen (secondary N) is 2. The molecular weight excluding hydrogens is 384 g/mol. The summed E-state index contributed by atoms with van der Waals surface area (Å²) in [6, 6.07) is 3.95. The van der Waals surface area contributed by atoms with Crippen molar-refractivity contribution in [3.8, 4) is 5.75 Å². The maximum absolute atomic E-state index is 12.6.